The summed E-state index contributed by atoms with van der Waals surface area (Å²) < 4.78 is 0. The fourth-order valence-corrected chi connectivity index (χ4v) is 2.09. The molecule has 2 heteroatoms. The Balaban J connectivity index is 2.85. The van der Waals surface area contributed by atoms with Gasteiger partial charge in [0, 0.05) is 24.3 Å². The third kappa shape index (κ3) is 3.47. The average molecular weight is 234 g/mol. The summed E-state index contributed by atoms with van der Waals surface area (Å²) in [5.74, 6) is 0. The Bertz CT molecular complexity index is 318. The van der Waals surface area contributed by atoms with Gasteiger partial charge in [0.25, 0.3) is 0 Å². The van der Waals surface area contributed by atoms with Crippen LogP contribution in [0.3, 0.4) is 0 Å². The van der Waals surface area contributed by atoms with Crippen molar-refractivity contribution >= 4 is 5.69 Å². The smallest absolute Gasteiger partial charge is 0.0368 e. The van der Waals surface area contributed by atoms with E-state index >= 15 is 0 Å². The monoisotopic (exact) mass is 234 g/mol. The summed E-state index contributed by atoms with van der Waals surface area (Å²) in [6, 6.07) is 9.94. The van der Waals surface area contributed by atoms with Crippen molar-refractivity contribution in [2.75, 3.05) is 18.5 Å². The van der Waals surface area contributed by atoms with Gasteiger partial charge in [-0.05, 0) is 51.9 Å². The molecular formula is C15H26N2. The first kappa shape index (κ1) is 14.0. The number of hydrogen-bond acceptors (Lipinski definition) is 2. The molecule has 96 valence electrons. The molecule has 0 fully saturated rings. The Hall–Kier alpha value is -1.02. The molecule has 0 aliphatic heterocycles. The zero-order valence-electron chi connectivity index (χ0n) is 11.8. The number of hydrogen-bond donors (Lipinski definition) is 1. The van der Waals surface area contributed by atoms with E-state index in [0.29, 0.717) is 12.1 Å². The van der Waals surface area contributed by atoms with E-state index in [1.54, 1.807) is 0 Å². The maximum Gasteiger partial charge on any atom is 0.0368 e. The molecular weight excluding hydrogens is 208 g/mol. The van der Waals surface area contributed by atoms with Crippen LogP contribution in [0.5, 0.6) is 0 Å². The largest absolute Gasteiger partial charge is 0.369 e. The molecule has 0 radical (unpaired) electrons. The lowest BCUT2D eigenvalue weighted by Gasteiger charge is -2.29. The van der Waals surface area contributed by atoms with E-state index in [0.717, 1.165) is 6.54 Å². The van der Waals surface area contributed by atoms with E-state index in [-0.39, 0.29) is 0 Å². The van der Waals surface area contributed by atoms with E-state index in [1.807, 2.05) is 7.05 Å². The van der Waals surface area contributed by atoms with Crippen LogP contribution >= 0.6 is 0 Å². The third-order valence-corrected chi connectivity index (χ3v) is 3.62. The van der Waals surface area contributed by atoms with Crippen LogP contribution in [0.15, 0.2) is 24.3 Å². The maximum absolute atomic E-state index is 3.26. The second-order valence-corrected chi connectivity index (χ2v) is 4.65. The van der Waals surface area contributed by atoms with Gasteiger partial charge in [-0.15, -0.1) is 0 Å². The van der Waals surface area contributed by atoms with E-state index in [4.69, 9.17) is 0 Å². The molecule has 0 saturated carbocycles. The molecule has 1 N–H and O–H groups in total. The van der Waals surface area contributed by atoms with Gasteiger partial charge in [0.15, 0.2) is 0 Å². The van der Waals surface area contributed by atoms with Crippen LogP contribution in [0.25, 0.3) is 0 Å². The third-order valence-electron chi connectivity index (χ3n) is 3.62. The zero-order valence-corrected chi connectivity index (χ0v) is 11.8. The number of benzene rings is 1. The van der Waals surface area contributed by atoms with Gasteiger partial charge in [-0.3, -0.25) is 0 Å². The predicted molar refractivity (Wildman–Crippen MR) is 76.7 cm³/mol. The van der Waals surface area contributed by atoms with Crippen LogP contribution in [-0.4, -0.2) is 19.6 Å². The van der Waals surface area contributed by atoms with Gasteiger partial charge in [0.2, 0.25) is 0 Å². The molecule has 2 atom stereocenters. The Morgan fingerprint density at radius 1 is 1.12 bits per heavy atom. The fraction of sp³-hybridized carbons (Fsp3) is 0.600. The molecule has 0 aliphatic rings. The summed E-state index contributed by atoms with van der Waals surface area (Å²) in [5, 5.41) is 3.26. The van der Waals surface area contributed by atoms with E-state index in [1.165, 1.54) is 17.7 Å². The minimum absolute atomic E-state index is 0.419. The molecule has 1 rings (SSSR count). The summed E-state index contributed by atoms with van der Waals surface area (Å²) in [5.41, 5.74) is 2.67. The van der Waals surface area contributed by atoms with Gasteiger partial charge in [0.05, 0.1) is 0 Å². The molecule has 0 aliphatic carbocycles. The van der Waals surface area contributed by atoms with Crippen molar-refractivity contribution in [2.24, 2.45) is 0 Å². The van der Waals surface area contributed by atoms with Crippen LogP contribution in [0.1, 0.15) is 45.7 Å². The Kier molecular flexibility index (Phi) is 5.49. The molecule has 2 nitrogen and oxygen atoms in total. The van der Waals surface area contributed by atoms with Crippen LogP contribution in [0, 0.1) is 0 Å². The quantitative estimate of drug-likeness (QED) is 0.809. The van der Waals surface area contributed by atoms with Crippen molar-refractivity contribution in [3.8, 4) is 0 Å². The Labute approximate surface area is 106 Å². The van der Waals surface area contributed by atoms with Crippen LogP contribution in [0.2, 0.25) is 0 Å². The minimum atomic E-state index is 0.419. The highest BCUT2D eigenvalue weighted by Crippen LogP contribution is 2.21. The zero-order chi connectivity index (χ0) is 12.8. The van der Waals surface area contributed by atoms with E-state index in [9.17, 15) is 0 Å². The molecule has 0 spiro atoms. The molecule has 1 aromatic carbocycles. The van der Waals surface area contributed by atoms with Crippen molar-refractivity contribution in [3.63, 3.8) is 0 Å². The first-order chi connectivity index (χ1) is 8.13. The molecule has 0 heterocycles. The van der Waals surface area contributed by atoms with Gasteiger partial charge in [-0.25, -0.2) is 0 Å². The molecule has 0 amide bonds. The molecule has 17 heavy (non-hydrogen) atoms. The lowest BCUT2D eigenvalue weighted by molar-refractivity contribution is 0.628. The first-order valence-electron chi connectivity index (χ1n) is 6.67. The molecule has 1 aromatic rings. The van der Waals surface area contributed by atoms with Gasteiger partial charge < -0.3 is 10.2 Å². The van der Waals surface area contributed by atoms with Crippen LogP contribution in [0.4, 0.5) is 5.69 Å². The Morgan fingerprint density at radius 2 is 1.71 bits per heavy atom. The SMILES string of the molecule is CCC(C)N(CC)c1ccc(C(C)NC)cc1. The highest BCUT2D eigenvalue weighted by Gasteiger charge is 2.11. The number of nitrogens with zero attached hydrogens (tertiary/aromatic N) is 1. The van der Waals surface area contributed by atoms with Gasteiger partial charge in [-0.2, -0.15) is 0 Å². The molecule has 0 bridgehead atoms. The van der Waals surface area contributed by atoms with Crippen LogP contribution in [-0.2, 0) is 0 Å². The summed E-state index contributed by atoms with van der Waals surface area (Å²) in [4.78, 5) is 2.45. The summed E-state index contributed by atoms with van der Waals surface area (Å²) >= 11 is 0. The highest BCUT2D eigenvalue weighted by atomic mass is 15.1. The molecule has 0 saturated heterocycles. The van der Waals surface area contributed by atoms with Gasteiger partial charge >= 0.3 is 0 Å². The molecule has 0 aromatic heterocycles. The second kappa shape index (κ2) is 6.65. The van der Waals surface area contributed by atoms with Gasteiger partial charge in [-0.1, -0.05) is 19.1 Å². The Morgan fingerprint density at radius 3 is 2.12 bits per heavy atom. The first-order valence-corrected chi connectivity index (χ1v) is 6.67. The van der Waals surface area contributed by atoms with Gasteiger partial charge in [0.1, 0.15) is 0 Å². The molecule has 2 unspecified atom stereocenters. The average Bonchev–Trinajstić information content (AvgIpc) is 2.39. The lowest BCUT2D eigenvalue weighted by Crippen LogP contribution is -2.32. The van der Waals surface area contributed by atoms with Crippen molar-refractivity contribution in [1.82, 2.24) is 5.32 Å². The summed E-state index contributed by atoms with van der Waals surface area (Å²) in [6.45, 7) is 9.99. The standard InChI is InChI=1S/C15H26N2/c1-6-12(3)17(7-2)15-10-8-14(9-11-15)13(4)16-5/h8-13,16H,6-7H2,1-5H3. The van der Waals surface area contributed by atoms with Crippen molar-refractivity contribution in [1.29, 1.82) is 0 Å². The van der Waals surface area contributed by atoms with Crippen molar-refractivity contribution in [2.45, 2.75) is 46.2 Å². The topological polar surface area (TPSA) is 15.3 Å². The lowest BCUT2D eigenvalue weighted by atomic mass is 10.1. The maximum atomic E-state index is 3.26. The second-order valence-electron chi connectivity index (χ2n) is 4.65. The fourth-order valence-electron chi connectivity index (χ4n) is 2.09. The van der Waals surface area contributed by atoms with E-state index < -0.39 is 0 Å². The highest BCUT2D eigenvalue weighted by molar-refractivity contribution is 5.48. The predicted octanol–water partition coefficient (Wildman–Crippen LogP) is 3.59. The van der Waals surface area contributed by atoms with E-state index in [2.05, 4.69) is 62.2 Å². The number of rotatable bonds is 6. The van der Waals surface area contributed by atoms with Crippen molar-refractivity contribution in [3.05, 3.63) is 29.8 Å². The number of anilines is 1. The van der Waals surface area contributed by atoms with Crippen LogP contribution < -0.4 is 10.2 Å². The summed E-state index contributed by atoms with van der Waals surface area (Å²) in [7, 11) is 2.00. The summed E-state index contributed by atoms with van der Waals surface area (Å²) in [6.07, 6.45) is 1.18. The minimum Gasteiger partial charge on any atom is -0.369 e. The van der Waals surface area contributed by atoms with Crippen molar-refractivity contribution < 1.29 is 0 Å². The normalized spacial score (nSPS) is 14.4. The number of nitrogens with one attached hydrogen (secondary N) is 1.